The Kier molecular flexibility index (Phi) is 6.78. The Labute approximate surface area is 155 Å². The molecule has 2 aromatic rings. The predicted molar refractivity (Wildman–Crippen MR) is 103 cm³/mol. The number of rotatable bonds is 7. The summed E-state index contributed by atoms with van der Waals surface area (Å²) in [6, 6.07) is 13.5. The summed E-state index contributed by atoms with van der Waals surface area (Å²) in [5.41, 5.74) is 4.04. The van der Waals surface area contributed by atoms with Crippen LogP contribution in [0.5, 0.6) is 5.75 Å². The van der Waals surface area contributed by atoms with Crippen LogP contribution in [-0.4, -0.2) is 36.9 Å². The SMILES string of the molecule is COc1ccccc1CCN(CC(=O)Nc1ccc(C)c(C)c1)C(C)=O. The van der Waals surface area contributed by atoms with Crippen molar-refractivity contribution in [3.8, 4) is 5.75 Å². The lowest BCUT2D eigenvalue weighted by Gasteiger charge is -2.21. The van der Waals surface area contributed by atoms with E-state index in [1.165, 1.54) is 12.5 Å². The summed E-state index contributed by atoms with van der Waals surface area (Å²) in [6.45, 7) is 5.98. The molecule has 2 aromatic carbocycles. The largest absolute Gasteiger partial charge is 0.496 e. The van der Waals surface area contributed by atoms with E-state index in [2.05, 4.69) is 5.32 Å². The first-order valence-corrected chi connectivity index (χ1v) is 8.65. The molecule has 0 saturated heterocycles. The molecule has 0 aliphatic rings. The summed E-state index contributed by atoms with van der Waals surface area (Å²) in [5.74, 6) is 0.453. The van der Waals surface area contributed by atoms with Crippen molar-refractivity contribution in [3.05, 3.63) is 59.2 Å². The molecule has 5 nitrogen and oxygen atoms in total. The van der Waals surface area contributed by atoms with Crippen LogP contribution in [0, 0.1) is 13.8 Å². The van der Waals surface area contributed by atoms with Gasteiger partial charge in [-0.05, 0) is 55.2 Å². The van der Waals surface area contributed by atoms with E-state index < -0.39 is 0 Å². The first-order valence-electron chi connectivity index (χ1n) is 8.65. The highest BCUT2D eigenvalue weighted by Crippen LogP contribution is 2.18. The van der Waals surface area contributed by atoms with E-state index in [0.717, 1.165) is 22.6 Å². The molecule has 0 spiro atoms. The molecular weight excluding hydrogens is 328 g/mol. The molecule has 0 radical (unpaired) electrons. The summed E-state index contributed by atoms with van der Waals surface area (Å²) in [5, 5.41) is 2.86. The lowest BCUT2D eigenvalue weighted by Crippen LogP contribution is -2.38. The number of nitrogens with zero attached hydrogens (tertiary/aromatic N) is 1. The average Bonchev–Trinajstić information content (AvgIpc) is 2.61. The van der Waals surface area contributed by atoms with Gasteiger partial charge in [-0.15, -0.1) is 0 Å². The lowest BCUT2D eigenvalue weighted by atomic mass is 10.1. The Hall–Kier alpha value is -2.82. The van der Waals surface area contributed by atoms with Gasteiger partial charge in [-0.2, -0.15) is 0 Å². The van der Waals surface area contributed by atoms with Gasteiger partial charge in [0.15, 0.2) is 0 Å². The Morgan fingerprint density at radius 2 is 1.81 bits per heavy atom. The normalized spacial score (nSPS) is 10.3. The molecule has 0 fully saturated rings. The first kappa shape index (κ1) is 19.5. The van der Waals surface area contributed by atoms with Gasteiger partial charge in [0, 0.05) is 19.2 Å². The first-order chi connectivity index (χ1) is 12.4. The zero-order valence-corrected chi connectivity index (χ0v) is 15.8. The second kappa shape index (κ2) is 9.04. The van der Waals surface area contributed by atoms with Gasteiger partial charge in [0.1, 0.15) is 5.75 Å². The van der Waals surface area contributed by atoms with E-state index >= 15 is 0 Å². The number of amides is 2. The van der Waals surface area contributed by atoms with Gasteiger partial charge in [0.05, 0.1) is 13.7 Å². The number of methoxy groups -OCH3 is 1. The van der Waals surface area contributed by atoms with Crippen LogP contribution in [0.25, 0.3) is 0 Å². The Bertz CT molecular complexity index is 787. The van der Waals surface area contributed by atoms with Gasteiger partial charge in [0.2, 0.25) is 11.8 Å². The molecule has 0 aliphatic carbocycles. The molecule has 2 amide bonds. The fraction of sp³-hybridized carbons (Fsp3) is 0.333. The van der Waals surface area contributed by atoms with Crippen molar-refractivity contribution in [2.24, 2.45) is 0 Å². The second-order valence-corrected chi connectivity index (χ2v) is 6.35. The molecule has 0 atom stereocenters. The number of anilines is 1. The smallest absolute Gasteiger partial charge is 0.243 e. The quantitative estimate of drug-likeness (QED) is 0.830. The van der Waals surface area contributed by atoms with Gasteiger partial charge in [-0.1, -0.05) is 24.3 Å². The van der Waals surface area contributed by atoms with Crippen LogP contribution < -0.4 is 10.1 Å². The highest BCUT2D eigenvalue weighted by molar-refractivity contribution is 5.94. The molecule has 26 heavy (non-hydrogen) atoms. The summed E-state index contributed by atoms with van der Waals surface area (Å²) in [6.07, 6.45) is 0.626. The highest BCUT2D eigenvalue weighted by atomic mass is 16.5. The van der Waals surface area contributed by atoms with Crippen molar-refractivity contribution >= 4 is 17.5 Å². The summed E-state index contributed by atoms with van der Waals surface area (Å²) in [7, 11) is 1.62. The van der Waals surface area contributed by atoms with Crippen LogP contribution in [-0.2, 0) is 16.0 Å². The van der Waals surface area contributed by atoms with Crippen LogP contribution in [0.2, 0.25) is 0 Å². The maximum absolute atomic E-state index is 12.3. The van der Waals surface area contributed by atoms with Crippen molar-refractivity contribution in [2.45, 2.75) is 27.2 Å². The van der Waals surface area contributed by atoms with Crippen molar-refractivity contribution in [1.82, 2.24) is 4.90 Å². The minimum atomic E-state index is -0.205. The minimum Gasteiger partial charge on any atom is -0.496 e. The fourth-order valence-electron chi connectivity index (χ4n) is 2.71. The van der Waals surface area contributed by atoms with E-state index in [1.54, 1.807) is 12.0 Å². The maximum atomic E-state index is 12.3. The molecule has 0 heterocycles. The van der Waals surface area contributed by atoms with Crippen molar-refractivity contribution < 1.29 is 14.3 Å². The number of hydrogen-bond acceptors (Lipinski definition) is 3. The van der Waals surface area contributed by atoms with Gasteiger partial charge in [-0.25, -0.2) is 0 Å². The topological polar surface area (TPSA) is 58.6 Å². The van der Waals surface area contributed by atoms with E-state index in [0.29, 0.717) is 13.0 Å². The monoisotopic (exact) mass is 354 g/mol. The van der Waals surface area contributed by atoms with Crippen LogP contribution in [0.3, 0.4) is 0 Å². The fourth-order valence-corrected chi connectivity index (χ4v) is 2.71. The molecule has 138 valence electrons. The third kappa shape index (κ3) is 5.34. The molecule has 0 aliphatic heterocycles. The third-order valence-electron chi connectivity index (χ3n) is 4.41. The number of benzene rings is 2. The number of nitrogens with one attached hydrogen (secondary N) is 1. The number of carbonyl (C=O) groups excluding carboxylic acids is 2. The number of ether oxygens (including phenoxy) is 1. The zero-order valence-electron chi connectivity index (χ0n) is 15.8. The van der Waals surface area contributed by atoms with Crippen molar-refractivity contribution in [2.75, 3.05) is 25.5 Å². The minimum absolute atomic E-state index is 0.0252. The molecule has 5 heteroatoms. The van der Waals surface area contributed by atoms with Gasteiger partial charge in [-0.3, -0.25) is 9.59 Å². The molecule has 0 bridgehead atoms. The third-order valence-corrected chi connectivity index (χ3v) is 4.41. The molecule has 1 N–H and O–H groups in total. The lowest BCUT2D eigenvalue weighted by molar-refractivity contribution is -0.132. The Morgan fingerprint density at radius 1 is 1.08 bits per heavy atom. The molecule has 0 unspecified atom stereocenters. The van der Waals surface area contributed by atoms with E-state index in [9.17, 15) is 9.59 Å². The van der Waals surface area contributed by atoms with Crippen LogP contribution in [0.1, 0.15) is 23.6 Å². The average molecular weight is 354 g/mol. The van der Waals surface area contributed by atoms with E-state index in [-0.39, 0.29) is 18.4 Å². The number of hydrogen-bond donors (Lipinski definition) is 1. The summed E-state index contributed by atoms with van der Waals surface area (Å²) in [4.78, 5) is 25.8. The van der Waals surface area contributed by atoms with Crippen LogP contribution in [0.4, 0.5) is 5.69 Å². The molecule has 0 saturated carbocycles. The maximum Gasteiger partial charge on any atom is 0.243 e. The highest BCUT2D eigenvalue weighted by Gasteiger charge is 2.15. The summed E-state index contributed by atoms with van der Waals surface area (Å²) >= 11 is 0. The van der Waals surface area contributed by atoms with Gasteiger partial charge < -0.3 is 15.0 Å². The van der Waals surface area contributed by atoms with Crippen LogP contribution in [0.15, 0.2) is 42.5 Å². The Balaban J connectivity index is 1.97. The number of carbonyl (C=O) groups is 2. The standard InChI is InChI=1S/C21H26N2O3/c1-15-9-10-19(13-16(15)2)22-21(25)14-23(17(3)24)12-11-18-7-5-6-8-20(18)26-4/h5-10,13H,11-12,14H2,1-4H3,(H,22,25). The number of para-hydroxylation sites is 1. The van der Waals surface area contributed by atoms with Crippen molar-refractivity contribution in [1.29, 1.82) is 0 Å². The summed E-state index contributed by atoms with van der Waals surface area (Å²) < 4.78 is 5.34. The van der Waals surface area contributed by atoms with Gasteiger partial charge in [0.25, 0.3) is 0 Å². The van der Waals surface area contributed by atoms with Gasteiger partial charge >= 0.3 is 0 Å². The molecule has 2 rings (SSSR count). The van der Waals surface area contributed by atoms with Crippen molar-refractivity contribution in [3.63, 3.8) is 0 Å². The van der Waals surface area contributed by atoms with Crippen LogP contribution >= 0.6 is 0 Å². The predicted octanol–water partition coefficient (Wildman–Crippen LogP) is 3.34. The molecule has 0 aromatic heterocycles. The molecular formula is C21H26N2O3. The van der Waals surface area contributed by atoms with E-state index in [4.69, 9.17) is 4.74 Å². The Morgan fingerprint density at radius 3 is 2.46 bits per heavy atom. The zero-order chi connectivity index (χ0) is 19.1. The van der Waals surface area contributed by atoms with E-state index in [1.807, 2.05) is 56.3 Å². The number of aryl methyl sites for hydroxylation is 2. The second-order valence-electron chi connectivity index (χ2n) is 6.35.